The van der Waals surface area contributed by atoms with Gasteiger partial charge in [0.1, 0.15) is 0 Å². The maximum absolute atomic E-state index is 11.7. The summed E-state index contributed by atoms with van der Waals surface area (Å²) < 4.78 is 0.930. The highest BCUT2D eigenvalue weighted by Crippen LogP contribution is 2.26. The number of amides is 2. The van der Waals surface area contributed by atoms with E-state index in [4.69, 9.17) is 0 Å². The van der Waals surface area contributed by atoms with Crippen LogP contribution in [-0.2, 0) is 9.59 Å². The average Bonchev–Trinajstić information content (AvgIpc) is 2.32. The Morgan fingerprint density at radius 3 is 2.70 bits per heavy atom. The fourth-order valence-corrected chi connectivity index (χ4v) is 2.61. The molecule has 1 aliphatic carbocycles. The lowest BCUT2D eigenvalue weighted by Gasteiger charge is -2.26. The molecule has 1 aromatic rings. The number of carbonyl (C=O) groups is 2. The van der Waals surface area contributed by atoms with Crippen LogP contribution in [0.4, 0.5) is 5.69 Å². The minimum absolute atomic E-state index is 0.0269. The highest BCUT2D eigenvalue weighted by Gasteiger charge is 2.24. The summed E-state index contributed by atoms with van der Waals surface area (Å²) in [5, 5.41) is 2.91. The highest BCUT2D eigenvalue weighted by atomic mass is 79.9. The molecule has 0 unspecified atom stereocenters. The van der Waals surface area contributed by atoms with Gasteiger partial charge in [-0.15, -0.1) is 0 Å². The normalized spacial score (nSPS) is 14.5. The first-order valence-electron chi connectivity index (χ1n) is 6.89. The summed E-state index contributed by atoms with van der Waals surface area (Å²) >= 11 is 3.40. The van der Waals surface area contributed by atoms with Crippen molar-refractivity contribution in [2.75, 3.05) is 18.0 Å². The molecule has 0 atom stereocenters. The summed E-state index contributed by atoms with van der Waals surface area (Å²) in [4.78, 5) is 25.1. The van der Waals surface area contributed by atoms with Crippen LogP contribution in [0.25, 0.3) is 0 Å². The van der Waals surface area contributed by atoms with Gasteiger partial charge in [-0.2, -0.15) is 0 Å². The number of carbonyl (C=O) groups excluding carboxylic acids is 2. The molecule has 1 N–H and O–H groups in total. The van der Waals surface area contributed by atoms with Crippen molar-refractivity contribution in [1.82, 2.24) is 5.32 Å². The van der Waals surface area contributed by atoms with Gasteiger partial charge in [-0.25, -0.2) is 0 Å². The maximum atomic E-state index is 11.7. The van der Waals surface area contributed by atoms with Crippen LogP contribution in [0.1, 0.15) is 26.2 Å². The van der Waals surface area contributed by atoms with E-state index >= 15 is 0 Å². The Morgan fingerprint density at radius 1 is 1.40 bits per heavy atom. The minimum atomic E-state index is -0.0269. The first-order valence-corrected chi connectivity index (χ1v) is 7.68. The second-order valence-corrected chi connectivity index (χ2v) is 5.99. The van der Waals surface area contributed by atoms with E-state index in [1.807, 2.05) is 24.3 Å². The van der Waals surface area contributed by atoms with E-state index in [0.29, 0.717) is 13.1 Å². The maximum Gasteiger partial charge on any atom is 0.223 e. The molecule has 108 valence electrons. The van der Waals surface area contributed by atoms with Gasteiger partial charge >= 0.3 is 0 Å². The highest BCUT2D eigenvalue weighted by molar-refractivity contribution is 9.10. The molecule has 0 radical (unpaired) electrons. The van der Waals surface area contributed by atoms with Crippen LogP contribution < -0.4 is 10.2 Å². The van der Waals surface area contributed by atoms with Crippen LogP contribution in [0.3, 0.4) is 0 Å². The molecule has 0 aliphatic heterocycles. The molecule has 5 heteroatoms. The van der Waals surface area contributed by atoms with Crippen molar-refractivity contribution in [3.63, 3.8) is 0 Å². The summed E-state index contributed by atoms with van der Waals surface area (Å²) in [7, 11) is 0. The first kappa shape index (κ1) is 15.0. The largest absolute Gasteiger partial charge is 0.354 e. The number of rotatable bonds is 5. The van der Waals surface area contributed by atoms with E-state index in [0.717, 1.165) is 29.4 Å². The first-order chi connectivity index (χ1) is 9.58. The summed E-state index contributed by atoms with van der Waals surface area (Å²) in [5.41, 5.74) is 0.838. The van der Waals surface area contributed by atoms with Crippen molar-refractivity contribution in [2.45, 2.75) is 26.2 Å². The van der Waals surface area contributed by atoms with E-state index in [-0.39, 0.29) is 17.7 Å². The molecule has 1 aromatic carbocycles. The fourth-order valence-electron chi connectivity index (χ4n) is 2.22. The molecule has 4 nitrogen and oxygen atoms in total. The van der Waals surface area contributed by atoms with Crippen LogP contribution in [0.2, 0.25) is 0 Å². The predicted octanol–water partition coefficient (Wildman–Crippen LogP) is 2.72. The van der Waals surface area contributed by atoms with Crippen molar-refractivity contribution in [2.24, 2.45) is 5.92 Å². The molecule has 1 aliphatic rings. The van der Waals surface area contributed by atoms with E-state index in [1.165, 1.54) is 6.92 Å². The Morgan fingerprint density at radius 2 is 2.15 bits per heavy atom. The molecule has 0 aromatic heterocycles. The van der Waals surface area contributed by atoms with Gasteiger partial charge in [0.2, 0.25) is 11.8 Å². The quantitative estimate of drug-likeness (QED) is 0.897. The molecule has 0 saturated heterocycles. The van der Waals surface area contributed by atoms with Crippen LogP contribution in [0, 0.1) is 5.92 Å². The van der Waals surface area contributed by atoms with Gasteiger partial charge in [0, 0.05) is 36.1 Å². The summed E-state index contributed by atoms with van der Waals surface area (Å²) in [6.45, 7) is 2.51. The summed E-state index contributed by atoms with van der Waals surface area (Å²) in [6, 6.07) is 7.59. The Hall–Kier alpha value is -1.36. The van der Waals surface area contributed by atoms with E-state index in [2.05, 4.69) is 21.2 Å². The third-order valence-electron chi connectivity index (χ3n) is 3.61. The van der Waals surface area contributed by atoms with Gasteiger partial charge in [0.15, 0.2) is 0 Å². The topological polar surface area (TPSA) is 49.4 Å². The predicted molar refractivity (Wildman–Crippen MR) is 82.5 cm³/mol. The monoisotopic (exact) mass is 338 g/mol. The second kappa shape index (κ2) is 6.88. The number of benzene rings is 1. The molecular weight excluding hydrogens is 320 g/mol. The SMILES string of the molecule is CC(=O)N(CCNC(=O)C1CCC1)c1cccc(Br)c1. The molecule has 0 spiro atoms. The van der Waals surface area contributed by atoms with Crippen molar-refractivity contribution < 1.29 is 9.59 Å². The van der Waals surface area contributed by atoms with Crippen LogP contribution in [-0.4, -0.2) is 24.9 Å². The second-order valence-electron chi connectivity index (χ2n) is 5.07. The number of hydrogen-bond donors (Lipinski definition) is 1. The Bertz CT molecular complexity index is 500. The van der Waals surface area contributed by atoms with Gasteiger partial charge in [-0.05, 0) is 31.0 Å². The molecule has 1 fully saturated rings. The lowest BCUT2D eigenvalue weighted by Crippen LogP contribution is -2.41. The Kier molecular flexibility index (Phi) is 5.17. The van der Waals surface area contributed by atoms with Gasteiger partial charge in [0.05, 0.1) is 0 Å². The molecular formula is C15H19BrN2O2. The van der Waals surface area contributed by atoms with Gasteiger partial charge in [-0.3, -0.25) is 9.59 Å². The van der Waals surface area contributed by atoms with E-state index in [1.54, 1.807) is 4.90 Å². The van der Waals surface area contributed by atoms with Crippen molar-refractivity contribution >= 4 is 33.4 Å². The molecule has 0 heterocycles. The zero-order chi connectivity index (χ0) is 14.5. The average molecular weight is 339 g/mol. The summed E-state index contributed by atoms with van der Waals surface area (Å²) in [6.07, 6.45) is 3.14. The van der Waals surface area contributed by atoms with Gasteiger partial charge < -0.3 is 10.2 Å². The van der Waals surface area contributed by atoms with Crippen LogP contribution in [0.5, 0.6) is 0 Å². The van der Waals surface area contributed by atoms with E-state index < -0.39 is 0 Å². The van der Waals surface area contributed by atoms with Crippen LogP contribution in [0.15, 0.2) is 28.7 Å². The van der Waals surface area contributed by atoms with E-state index in [9.17, 15) is 9.59 Å². The van der Waals surface area contributed by atoms with Crippen molar-refractivity contribution in [3.8, 4) is 0 Å². The van der Waals surface area contributed by atoms with Gasteiger partial charge in [0.25, 0.3) is 0 Å². The smallest absolute Gasteiger partial charge is 0.223 e. The van der Waals surface area contributed by atoms with Crippen molar-refractivity contribution in [1.29, 1.82) is 0 Å². The molecule has 2 amide bonds. The number of hydrogen-bond acceptors (Lipinski definition) is 2. The number of nitrogens with zero attached hydrogens (tertiary/aromatic N) is 1. The standard InChI is InChI=1S/C15H19BrN2O2/c1-11(19)18(14-7-3-6-13(16)10-14)9-8-17-15(20)12-4-2-5-12/h3,6-7,10,12H,2,4-5,8-9H2,1H3,(H,17,20). The molecule has 0 bridgehead atoms. The van der Waals surface area contributed by atoms with Gasteiger partial charge in [-0.1, -0.05) is 28.4 Å². The van der Waals surface area contributed by atoms with Crippen LogP contribution >= 0.6 is 15.9 Å². The third kappa shape index (κ3) is 3.82. The lowest BCUT2D eigenvalue weighted by atomic mass is 9.85. The fraction of sp³-hybridized carbons (Fsp3) is 0.467. The molecule has 1 saturated carbocycles. The van der Waals surface area contributed by atoms with Crippen molar-refractivity contribution in [3.05, 3.63) is 28.7 Å². The minimum Gasteiger partial charge on any atom is -0.354 e. The summed E-state index contributed by atoms with van der Waals surface area (Å²) in [5.74, 6) is 0.279. The zero-order valence-electron chi connectivity index (χ0n) is 11.6. The number of nitrogens with one attached hydrogen (secondary N) is 1. The third-order valence-corrected chi connectivity index (χ3v) is 4.10. The molecule has 2 rings (SSSR count). The Balaban J connectivity index is 1.89. The number of anilines is 1. The number of halogens is 1. The Labute approximate surface area is 127 Å². The molecule has 20 heavy (non-hydrogen) atoms. The zero-order valence-corrected chi connectivity index (χ0v) is 13.1. The lowest BCUT2D eigenvalue weighted by molar-refractivity contribution is -0.127.